The molecule has 0 atom stereocenters. The van der Waals surface area contributed by atoms with Crippen LogP contribution in [0.4, 0.5) is 5.13 Å². The minimum atomic E-state index is -3.26. The van der Waals surface area contributed by atoms with E-state index in [0.717, 1.165) is 11.1 Å². The Hall–Kier alpha value is -1.93. The summed E-state index contributed by atoms with van der Waals surface area (Å²) in [7, 11) is -3.26. The number of anilines is 1. The standard InChI is InChI=1S/C20H18Cl2N2O3S2/c21-15-8-9-16(17(22)11-15)18-12-28-20(23-18)24-19(25)7-4-10-29(26,27)13-14-5-2-1-3-6-14/h1-3,5-6,8-9,11-12H,4,7,10,13H2,(H,23,24,25). The molecule has 5 nitrogen and oxygen atoms in total. The van der Waals surface area contributed by atoms with E-state index in [1.165, 1.54) is 11.3 Å². The average molecular weight is 469 g/mol. The van der Waals surface area contributed by atoms with Crippen LogP contribution in [0, 0.1) is 0 Å². The van der Waals surface area contributed by atoms with Crippen molar-refractivity contribution in [3.05, 3.63) is 69.5 Å². The quantitative estimate of drug-likeness (QED) is 0.476. The van der Waals surface area contributed by atoms with Gasteiger partial charge in [0.1, 0.15) is 0 Å². The number of carbonyl (C=O) groups excluding carboxylic acids is 1. The molecule has 0 aliphatic heterocycles. The molecule has 0 aliphatic rings. The lowest BCUT2D eigenvalue weighted by Gasteiger charge is -2.05. The summed E-state index contributed by atoms with van der Waals surface area (Å²) in [5.74, 6) is -0.339. The van der Waals surface area contributed by atoms with Gasteiger partial charge in [-0.15, -0.1) is 11.3 Å². The summed E-state index contributed by atoms with van der Waals surface area (Å²) in [5.41, 5.74) is 2.10. The predicted molar refractivity (Wildman–Crippen MR) is 119 cm³/mol. The monoisotopic (exact) mass is 468 g/mol. The van der Waals surface area contributed by atoms with Crippen LogP contribution in [-0.4, -0.2) is 25.1 Å². The van der Waals surface area contributed by atoms with Crippen LogP contribution in [0.2, 0.25) is 10.0 Å². The highest BCUT2D eigenvalue weighted by molar-refractivity contribution is 7.90. The number of nitrogens with zero attached hydrogens (tertiary/aromatic N) is 1. The Morgan fingerprint density at radius 1 is 1.10 bits per heavy atom. The van der Waals surface area contributed by atoms with Gasteiger partial charge >= 0.3 is 0 Å². The second kappa shape index (κ2) is 9.71. The van der Waals surface area contributed by atoms with Crippen LogP contribution in [-0.2, 0) is 20.4 Å². The Labute approximate surface area is 183 Å². The van der Waals surface area contributed by atoms with E-state index in [1.54, 1.807) is 47.8 Å². The number of carbonyl (C=O) groups is 1. The molecule has 0 bridgehead atoms. The van der Waals surface area contributed by atoms with Crippen molar-refractivity contribution >= 4 is 55.4 Å². The summed E-state index contributed by atoms with van der Waals surface area (Å²) in [6, 6.07) is 14.1. The third-order valence-electron chi connectivity index (χ3n) is 4.05. The number of aromatic nitrogens is 1. The van der Waals surface area contributed by atoms with Gasteiger partial charge in [0.2, 0.25) is 5.91 Å². The molecule has 29 heavy (non-hydrogen) atoms. The number of thiazole rings is 1. The van der Waals surface area contributed by atoms with Crippen molar-refractivity contribution in [2.75, 3.05) is 11.1 Å². The molecule has 1 N–H and O–H groups in total. The summed E-state index contributed by atoms with van der Waals surface area (Å²) in [6.45, 7) is 0. The predicted octanol–water partition coefficient (Wildman–Crippen LogP) is 5.45. The Balaban J connectivity index is 1.50. The van der Waals surface area contributed by atoms with E-state index in [0.29, 0.717) is 20.9 Å². The summed E-state index contributed by atoms with van der Waals surface area (Å²) in [6.07, 6.45) is 0.354. The van der Waals surface area contributed by atoms with Gasteiger partial charge in [-0.2, -0.15) is 0 Å². The molecule has 9 heteroatoms. The maximum atomic E-state index is 12.2. The number of amides is 1. The van der Waals surface area contributed by atoms with Crippen molar-refractivity contribution < 1.29 is 13.2 Å². The zero-order valence-electron chi connectivity index (χ0n) is 15.3. The fourth-order valence-electron chi connectivity index (χ4n) is 2.69. The highest BCUT2D eigenvalue weighted by Crippen LogP contribution is 2.32. The van der Waals surface area contributed by atoms with Crippen LogP contribution in [0.3, 0.4) is 0 Å². The molecule has 1 heterocycles. The van der Waals surface area contributed by atoms with Crippen molar-refractivity contribution in [1.29, 1.82) is 0 Å². The molecule has 0 fully saturated rings. The van der Waals surface area contributed by atoms with E-state index in [-0.39, 0.29) is 30.3 Å². The minimum absolute atomic E-state index is 0.0207. The van der Waals surface area contributed by atoms with Gasteiger partial charge in [-0.3, -0.25) is 4.79 Å². The van der Waals surface area contributed by atoms with Crippen LogP contribution in [0.5, 0.6) is 0 Å². The molecular formula is C20H18Cl2N2O3S2. The molecule has 1 amide bonds. The van der Waals surface area contributed by atoms with Gasteiger partial charge < -0.3 is 5.32 Å². The number of hydrogen-bond donors (Lipinski definition) is 1. The minimum Gasteiger partial charge on any atom is -0.302 e. The Kier molecular flexibility index (Phi) is 7.29. The molecule has 0 radical (unpaired) electrons. The highest BCUT2D eigenvalue weighted by atomic mass is 35.5. The zero-order valence-corrected chi connectivity index (χ0v) is 18.4. The third-order valence-corrected chi connectivity index (χ3v) is 7.04. The van der Waals surface area contributed by atoms with E-state index in [1.807, 2.05) is 6.07 Å². The Morgan fingerprint density at radius 2 is 1.86 bits per heavy atom. The maximum absolute atomic E-state index is 12.2. The lowest BCUT2D eigenvalue weighted by Crippen LogP contribution is -2.15. The van der Waals surface area contributed by atoms with Gasteiger partial charge in [0.05, 0.1) is 22.2 Å². The highest BCUT2D eigenvalue weighted by Gasteiger charge is 2.14. The number of rotatable bonds is 8. The molecule has 2 aromatic carbocycles. The fourth-order valence-corrected chi connectivity index (χ4v) is 5.35. The maximum Gasteiger partial charge on any atom is 0.226 e. The molecule has 0 unspecified atom stereocenters. The molecule has 152 valence electrons. The first-order valence-electron chi connectivity index (χ1n) is 8.77. The lowest BCUT2D eigenvalue weighted by molar-refractivity contribution is -0.116. The molecule has 3 rings (SSSR count). The van der Waals surface area contributed by atoms with Gasteiger partial charge in [-0.1, -0.05) is 53.5 Å². The topological polar surface area (TPSA) is 76.1 Å². The Morgan fingerprint density at radius 3 is 2.59 bits per heavy atom. The van der Waals surface area contributed by atoms with Crippen molar-refractivity contribution in [3.63, 3.8) is 0 Å². The van der Waals surface area contributed by atoms with Crippen LogP contribution in [0.15, 0.2) is 53.9 Å². The zero-order chi connectivity index (χ0) is 20.9. The first-order chi connectivity index (χ1) is 13.8. The van der Waals surface area contributed by atoms with Crippen molar-refractivity contribution in [2.45, 2.75) is 18.6 Å². The number of benzene rings is 2. The number of sulfone groups is 1. The molecule has 0 saturated carbocycles. The number of nitrogens with one attached hydrogen (secondary N) is 1. The third kappa shape index (κ3) is 6.54. The molecule has 0 saturated heterocycles. The lowest BCUT2D eigenvalue weighted by atomic mass is 10.2. The Bertz CT molecular complexity index is 1100. The first-order valence-corrected chi connectivity index (χ1v) is 12.2. The van der Waals surface area contributed by atoms with Gasteiger partial charge in [0.25, 0.3) is 0 Å². The van der Waals surface area contributed by atoms with E-state index in [2.05, 4.69) is 10.3 Å². The van der Waals surface area contributed by atoms with Crippen LogP contribution in [0.1, 0.15) is 18.4 Å². The summed E-state index contributed by atoms with van der Waals surface area (Å²) in [5, 5.41) is 5.93. The second-order valence-electron chi connectivity index (χ2n) is 6.39. The van der Waals surface area contributed by atoms with E-state index in [4.69, 9.17) is 23.2 Å². The van der Waals surface area contributed by atoms with Gasteiger partial charge in [-0.05, 0) is 30.2 Å². The summed E-state index contributed by atoms with van der Waals surface area (Å²) < 4.78 is 24.4. The summed E-state index contributed by atoms with van der Waals surface area (Å²) in [4.78, 5) is 16.5. The van der Waals surface area contributed by atoms with E-state index in [9.17, 15) is 13.2 Å². The smallest absolute Gasteiger partial charge is 0.226 e. The van der Waals surface area contributed by atoms with Crippen molar-refractivity contribution in [2.24, 2.45) is 0 Å². The van der Waals surface area contributed by atoms with Crippen LogP contribution in [0.25, 0.3) is 11.3 Å². The summed E-state index contributed by atoms with van der Waals surface area (Å²) >= 11 is 13.4. The largest absolute Gasteiger partial charge is 0.302 e. The van der Waals surface area contributed by atoms with Crippen molar-refractivity contribution in [3.8, 4) is 11.3 Å². The number of hydrogen-bond acceptors (Lipinski definition) is 5. The number of halogens is 2. The normalized spacial score (nSPS) is 11.4. The van der Waals surface area contributed by atoms with Crippen LogP contribution < -0.4 is 5.32 Å². The SMILES string of the molecule is O=C(CCCS(=O)(=O)Cc1ccccc1)Nc1nc(-c2ccc(Cl)cc2Cl)cs1. The molecule has 0 aliphatic carbocycles. The fraction of sp³-hybridized carbons (Fsp3) is 0.200. The molecular weight excluding hydrogens is 451 g/mol. The molecule has 0 spiro atoms. The van der Waals surface area contributed by atoms with Crippen molar-refractivity contribution in [1.82, 2.24) is 4.98 Å². The van der Waals surface area contributed by atoms with Crippen LogP contribution >= 0.6 is 34.5 Å². The first kappa shape index (κ1) is 21.8. The molecule has 1 aromatic heterocycles. The van der Waals surface area contributed by atoms with E-state index < -0.39 is 9.84 Å². The molecule has 3 aromatic rings. The average Bonchev–Trinajstić information content (AvgIpc) is 3.10. The van der Waals surface area contributed by atoms with Gasteiger partial charge in [0.15, 0.2) is 15.0 Å². The second-order valence-corrected chi connectivity index (χ2v) is 10.3. The van der Waals surface area contributed by atoms with Gasteiger partial charge in [-0.25, -0.2) is 13.4 Å². The van der Waals surface area contributed by atoms with E-state index >= 15 is 0 Å². The van der Waals surface area contributed by atoms with Gasteiger partial charge in [0, 0.05) is 22.4 Å².